The number of primary amides is 1. The Balaban J connectivity index is 2.21. The van der Waals surface area contributed by atoms with Crippen LogP contribution >= 0.6 is 0 Å². The minimum atomic E-state index is -0.289. The molecule has 0 bridgehead atoms. The highest BCUT2D eigenvalue weighted by molar-refractivity contribution is 5.80. The van der Waals surface area contributed by atoms with E-state index in [0.717, 1.165) is 25.7 Å². The molecule has 104 valence electrons. The third kappa shape index (κ3) is 2.68. The van der Waals surface area contributed by atoms with Crippen LogP contribution in [0.15, 0.2) is 12.1 Å². The Hall–Kier alpha value is -1.31. The largest absolute Gasteiger partial charge is 0.369 e. The average Bonchev–Trinajstić information content (AvgIpc) is 2.30. The molecule has 0 aromatic heterocycles. The van der Waals surface area contributed by atoms with Gasteiger partial charge < -0.3 is 5.73 Å². The lowest BCUT2D eigenvalue weighted by molar-refractivity contribution is -0.128. The standard InChI is InChI=1S/C17H25NO/c1-11-9-12(2)15(13(3)10-11)14-5-7-17(4,8-6-14)16(18)19/h9-10,14H,5-8H2,1-4H3,(H2,18,19). The van der Waals surface area contributed by atoms with Gasteiger partial charge in [-0.3, -0.25) is 4.79 Å². The number of hydrogen-bond acceptors (Lipinski definition) is 1. The zero-order valence-electron chi connectivity index (χ0n) is 12.5. The van der Waals surface area contributed by atoms with E-state index in [4.69, 9.17) is 5.73 Å². The van der Waals surface area contributed by atoms with E-state index in [1.54, 1.807) is 0 Å². The van der Waals surface area contributed by atoms with Gasteiger partial charge in [0.1, 0.15) is 0 Å². The number of aryl methyl sites for hydroxylation is 3. The van der Waals surface area contributed by atoms with Crippen LogP contribution in [0.4, 0.5) is 0 Å². The molecule has 1 aliphatic rings. The first kappa shape index (κ1) is 14.1. The summed E-state index contributed by atoms with van der Waals surface area (Å²) in [4.78, 5) is 11.5. The molecule has 1 aliphatic carbocycles. The van der Waals surface area contributed by atoms with Gasteiger partial charge >= 0.3 is 0 Å². The summed E-state index contributed by atoms with van der Waals surface area (Å²) >= 11 is 0. The molecule has 0 radical (unpaired) electrons. The second kappa shape index (κ2) is 4.99. The number of rotatable bonds is 2. The third-order valence-corrected chi connectivity index (χ3v) is 4.83. The van der Waals surface area contributed by atoms with Crippen LogP contribution in [0, 0.1) is 26.2 Å². The average molecular weight is 259 g/mol. The fraction of sp³-hybridized carbons (Fsp3) is 0.588. The van der Waals surface area contributed by atoms with Gasteiger partial charge in [-0.2, -0.15) is 0 Å². The summed E-state index contributed by atoms with van der Waals surface area (Å²) in [5, 5.41) is 0. The van der Waals surface area contributed by atoms with Gasteiger partial charge in [-0.1, -0.05) is 24.6 Å². The van der Waals surface area contributed by atoms with E-state index < -0.39 is 0 Å². The van der Waals surface area contributed by atoms with Crippen LogP contribution in [-0.4, -0.2) is 5.91 Å². The van der Waals surface area contributed by atoms with Crippen molar-refractivity contribution in [2.75, 3.05) is 0 Å². The molecular formula is C17H25NO. The van der Waals surface area contributed by atoms with Crippen LogP contribution in [0.1, 0.15) is 60.8 Å². The van der Waals surface area contributed by atoms with Gasteiger partial charge in [-0.25, -0.2) is 0 Å². The fourth-order valence-corrected chi connectivity index (χ4v) is 3.63. The van der Waals surface area contributed by atoms with Crippen molar-refractivity contribution in [3.05, 3.63) is 34.4 Å². The molecule has 0 spiro atoms. The summed E-state index contributed by atoms with van der Waals surface area (Å²) in [5.74, 6) is 0.455. The maximum Gasteiger partial charge on any atom is 0.223 e. The van der Waals surface area contributed by atoms with Crippen molar-refractivity contribution < 1.29 is 4.79 Å². The first-order chi connectivity index (χ1) is 8.83. The molecule has 0 saturated heterocycles. The number of benzene rings is 1. The van der Waals surface area contributed by atoms with Crippen molar-refractivity contribution in [2.45, 2.75) is 59.3 Å². The second-order valence-corrected chi connectivity index (χ2v) is 6.51. The molecule has 19 heavy (non-hydrogen) atoms. The van der Waals surface area contributed by atoms with Crippen LogP contribution in [0.25, 0.3) is 0 Å². The minimum absolute atomic E-state index is 0.136. The summed E-state index contributed by atoms with van der Waals surface area (Å²) in [6, 6.07) is 4.54. The van der Waals surface area contributed by atoms with Gasteiger partial charge in [0, 0.05) is 5.41 Å². The van der Waals surface area contributed by atoms with Gasteiger partial charge in [0.15, 0.2) is 0 Å². The molecule has 2 rings (SSSR count). The quantitative estimate of drug-likeness (QED) is 0.863. The highest BCUT2D eigenvalue weighted by Crippen LogP contribution is 2.44. The zero-order chi connectivity index (χ0) is 14.2. The van der Waals surface area contributed by atoms with E-state index in [2.05, 4.69) is 32.9 Å². The molecule has 1 aromatic rings. The number of amides is 1. The minimum Gasteiger partial charge on any atom is -0.369 e. The summed E-state index contributed by atoms with van der Waals surface area (Å²) < 4.78 is 0. The molecule has 1 fully saturated rings. The summed E-state index contributed by atoms with van der Waals surface area (Å²) in [7, 11) is 0. The highest BCUT2D eigenvalue weighted by atomic mass is 16.1. The lowest BCUT2D eigenvalue weighted by Gasteiger charge is -2.36. The molecule has 2 heteroatoms. The van der Waals surface area contributed by atoms with E-state index in [1.165, 1.54) is 22.3 Å². The van der Waals surface area contributed by atoms with Crippen molar-refractivity contribution in [2.24, 2.45) is 11.1 Å². The summed E-state index contributed by atoms with van der Waals surface area (Å²) in [5.41, 5.74) is 10.9. The Kier molecular flexibility index (Phi) is 3.71. The second-order valence-electron chi connectivity index (χ2n) is 6.51. The lowest BCUT2D eigenvalue weighted by atomic mass is 9.68. The van der Waals surface area contributed by atoms with Crippen LogP contribution in [-0.2, 0) is 4.79 Å². The number of carbonyl (C=O) groups excluding carboxylic acids is 1. The van der Waals surface area contributed by atoms with E-state index in [-0.39, 0.29) is 11.3 Å². The van der Waals surface area contributed by atoms with Crippen LogP contribution in [0.3, 0.4) is 0 Å². The predicted molar refractivity (Wildman–Crippen MR) is 79.2 cm³/mol. The van der Waals surface area contributed by atoms with Gasteiger partial charge in [-0.15, -0.1) is 0 Å². The normalized spacial score (nSPS) is 27.3. The van der Waals surface area contributed by atoms with Gasteiger partial charge in [-0.05, 0) is 69.1 Å². The van der Waals surface area contributed by atoms with E-state index in [9.17, 15) is 4.79 Å². The molecule has 0 heterocycles. The van der Waals surface area contributed by atoms with Crippen molar-refractivity contribution in [1.82, 2.24) is 0 Å². The molecule has 0 atom stereocenters. The SMILES string of the molecule is Cc1cc(C)c(C2CCC(C)(C(N)=O)CC2)c(C)c1. The number of nitrogens with two attached hydrogens (primary N) is 1. The van der Waals surface area contributed by atoms with Crippen LogP contribution < -0.4 is 5.73 Å². The Morgan fingerprint density at radius 3 is 2.05 bits per heavy atom. The first-order valence-electron chi connectivity index (χ1n) is 7.21. The maximum absolute atomic E-state index is 11.5. The zero-order valence-corrected chi connectivity index (χ0v) is 12.5. The molecule has 1 saturated carbocycles. The van der Waals surface area contributed by atoms with Crippen molar-refractivity contribution in [3.63, 3.8) is 0 Å². The van der Waals surface area contributed by atoms with Gasteiger partial charge in [0.25, 0.3) is 0 Å². The summed E-state index contributed by atoms with van der Waals surface area (Å²) in [6.45, 7) is 8.57. The lowest BCUT2D eigenvalue weighted by Crippen LogP contribution is -2.37. The van der Waals surface area contributed by atoms with E-state index in [1.807, 2.05) is 6.92 Å². The Morgan fingerprint density at radius 1 is 1.16 bits per heavy atom. The predicted octanol–water partition coefficient (Wildman–Crippen LogP) is 3.76. The van der Waals surface area contributed by atoms with Crippen LogP contribution in [0.2, 0.25) is 0 Å². The van der Waals surface area contributed by atoms with E-state index in [0.29, 0.717) is 5.92 Å². The van der Waals surface area contributed by atoms with Gasteiger partial charge in [0.05, 0.1) is 0 Å². The Labute approximate surface area is 116 Å². The topological polar surface area (TPSA) is 43.1 Å². The smallest absolute Gasteiger partial charge is 0.223 e. The number of carbonyl (C=O) groups is 1. The molecule has 1 amide bonds. The van der Waals surface area contributed by atoms with Crippen molar-refractivity contribution in [1.29, 1.82) is 0 Å². The summed E-state index contributed by atoms with van der Waals surface area (Å²) in [6.07, 6.45) is 3.98. The molecule has 0 unspecified atom stereocenters. The van der Waals surface area contributed by atoms with E-state index >= 15 is 0 Å². The molecule has 2 nitrogen and oxygen atoms in total. The fourth-order valence-electron chi connectivity index (χ4n) is 3.63. The van der Waals surface area contributed by atoms with Crippen LogP contribution in [0.5, 0.6) is 0 Å². The molecule has 1 aromatic carbocycles. The molecule has 0 aliphatic heterocycles. The molecule has 2 N–H and O–H groups in total. The molecular weight excluding hydrogens is 234 g/mol. The van der Waals surface area contributed by atoms with Crippen molar-refractivity contribution in [3.8, 4) is 0 Å². The monoisotopic (exact) mass is 259 g/mol. The highest BCUT2D eigenvalue weighted by Gasteiger charge is 2.36. The van der Waals surface area contributed by atoms with Gasteiger partial charge in [0.2, 0.25) is 5.91 Å². The maximum atomic E-state index is 11.5. The first-order valence-corrected chi connectivity index (χ1v) is 7.21. The van der Waals surface area contributed by atoms with Crippen molar-refractivity contribution >= 4 is 5.91 Å². The third-order valence-electron chi connectivity index (χ3n) is 4.83. The number of hydrogen-bond donors (Lipinski definition) is 1. The Morgan fingerprint density at radius 2 is 1.63 bits per heavy atom. The Bertz CT molecular complexity index is 473.